The molecule has 2 aromatic heterocycles. The molecule has 0 saturated carbocycles. The zero-order valence-electron chi connectivity index (χ0n) is 18.7. The van der Waals surface area contributed by atoms with E-state index in [1.165, 1.54) is 11.3 Å². The summed E-state index contributed by atoms with van der Waals surface area (Å²) >= 11 is 2.25. The normalized spacial score (nSPS) is 16.7. The summed E-state index contributed by atoms with van der Waals surface area (Å²) in [5.74, 6) is -1.30. The lowest BCUT2D eigenvalue weighted by Crippen LogP contribution is -2.39. The first-order chi connectivity index (χ1) is 15.8. The first-order valence-corrected chi connectivity index (χ1v) is 12.7. The molecule has 8 nitrogen and oxygen atoms in total. The smallest absolute Gasteiger partial charge is 0.317 e. The number of unbranched alkanes of at least 4 members (excludes halogenated alkanes) is 1. The second kappa shape index (κ2) is 11.7. The number of carbonyl (C=O) groups is 3. The highest BCUT2D eigenvalue weighted by molar-refractivity contribution is 7.14. The van der Waals surface area contributed by atoms with Crippen LogP contribution in [0.1, 0.15) is 71.6 Å². The maximum Gasteiger partial charge on any atom is 0.317 e. The molecule has 11 heteroatoms. The molecule has 1 fully saturated rings. The molecule has 3 heterocycles. The highest BCUT2D eigenvalue weighted by atomic mass is 32.1. The van der Waals surface area contributed by atoms with Crippen LogP contribution in [0.5, 0.6) is 0 Å². The number of thiophene rings is 1. The van der Waals surface area contributed by atoms with Gasteiger partial charge in [0.1, 0.15) is 0 Å². The number of likely N-dealkylation sites (tertiary alicyclic amines) is 1. The van der Waals surface area contributed by atoms with Crippen molar-refractivity contribution < 1.29 is 23.9 Å². The predicted octanol–water partition coefficient (Wildman–Crippen LogP) is 4.19. The van der Waals surface area contributed by atoms with Crippen molar-refractivity contribution in [3.05, 3.63) is 32.7 Å². The van der Waals surface area contributed by atoms with Gasteiger partial charge in [0.05, 0.1) is 24.3 Å². The van der Waals surface area contributed by atoms with Crippen molar-refractivity contribution in [2.45, 2.75) is 64.5 Å². The summed E-state index contributed by atoms with van der Waals surface area (Å²) < 4.78 is 13.2. The molecule has 33 heavy (non-hydrogen) atoms. The number of hydrogen-bond donors (Lipinski definition) is 3. The number of carbonyl (C=O) groups excluding carboxylic acids is 2. The number of hydrogen-bond acceptors (Lipinski definition) is 7. The number of aliphatic carboxylic acids is 1. The van der Waals surface area contributed by atoms with Gasteiger partial charge in [0.2, 0.25) is 5.91 Å². The van der Waals surface area contributed by atoms with Crippen molar-refractivity contribution in [3.63, 3.8) is 0 Å². The van der Waals surface area contributed by atoms with Gasteiger partial charge in [-0.1, -0.05) is 31.1 Å². The highest BCUT2D eigenvalue weighted by Gasteiger charge is 2.33. The maximum atomic E-state index is 13.2. The number of amides is 2. The first kappa shape index (κ1) is 25.3. The van der Waals surface area contributed by atoms with Crippen LogP contribution in [0.4, 0.5) is 9.52 Å². The lowest BCUT2D eigenvalue weighted by molar-refractivity contribution is -0.137. The van der Waals surface area contributed by atoms with E-state index in [1.807, 2.05) is 17.9 Å². The molecule has 2 atom stereocenters. The molecule has 3 N–H and O–H groups in total. The highest BCUT2D eigenvalue weighted by Crippen LogP contribution is 2.38. The van der Waals surface area contributed by atoms with Gasteiger partial charge < -0.3 is 15.3 Å². The van der Waals surface area contributed by atoms with Crippen LogP contribution in [0.2, 0.25) is 0 Å². The summed E-state index contributed by atoms with van der Waals surface area (Å²) in [5, 5.41) is 14.3. The maximum absolute atomic E-state index is 13.2. The predicted molar refractivity (Wildman–Crippen MR) is 126 cm³/mol. The number of nitrogens with one attached hydrogen (secondary N) is 2. The van der Waals surface area contributed by atoms with Crippen LogP contribution in [-0.4, -0.2) is 51.9 Å². The lowest BCUT2D eigenvalue weighted by Gasteiger charge is -2.26. The van der Waals surface area contributed by atoms with E-state index in [4.69, 9.17) is 5.11 Å². The molecular formula is C22H29FN4O4S2. The summed E-state index contributed by atoms with van der Waals surface area (Å²) in [6.45, 7) is 4.38. The number of carboxylic acid groups (broad SMARTS) is 1. The number of aryl methyl sites for hydroxylation is 1. The number of aromatic nitrogens is 1. The molecule has 2 unspecified atom stereocenters. The fraction of sp³-hybridized carbons (Fsp3) is 0.545. The van der Waals surface area contributed by atoms with E-state index >= 15 is 0 Å². The summed E-state index contributed by atoms with van der Waals surface area (Å²) in [6, 6.07) is 1.53. The molecule has 0 bridgehead atoms. The third-order valence-corrected chi connectivity index (χ3v) is 7.50. The largest absolute Gasteiger partial charge is 0.480 e. The molecule has 2 amide bonds. The lowest BCUT2D eigenvalue weighted by atomic mass is 10.0. The Morgan fingerprint density at radius 1 is 1.36 bits per heavy atom. The molecule has 2 aromatic rings. The Morgan fingerprint density at radius 2 is 2.15 bits per heavy atom. The van der Waals surface area contributed by atoms with Gasteiger partial charge in [0.15, 0.2) is 10.3 Å². The number of thiazole rings is 1. The Bertz CT molecular complexity index is 993. The summed E-state index contributed by atoms with van der Waals surface area (Å²) in [6.07, 6.45) is 5.62. The van der Waals surface area contributed by atoms with Crippen molar-refractivity contribution >= 4 is 45.6 Å². The average Bonchev–Trinajstić information content (AvgIpc) is 3.49. The molecule has 0 aliphatic carbocycles. The van der Waals surface area contributed by atoms with Crippen LogP contribution in [0.15, 0.2) is 12.3 Å². The van der Waals surface area contributed by atoms with Gasteiger partial charge in [-0.15, -0.1) is 11.3 Å². The number of nitrogens with zero attached hydrogens (tertiary/aromatic N) is 2. The zero-order chi connectivity index (χ0) is 24.0. The third-order valence-electron chi connectivity index (χ3n) is 5.65. The van der Waals surface area contributed by atoms with Crippen molar-refractivity contribution in [3.8, 4) is 0 Å². The van der Waals surface area contributed by atoms with Crippen LogP contribution < -0.4 is 10.6 Å². The van der Waals surface area contributed by atoms with Crippen LogP contribution >= 0.6 is 22.7 Å². The van der Waals surface area contributed by atoms with E-state index in [-0.39, 0.29) is 42.0 Å². The molecule has 1 aliphatic rings. The van der Waals surface area contributed by atoms with Crippen molar-refractivity contribution in [2.24, 2.45) is 0 Å². The monoisotopic (exact) mass is 496 g/mol. The molecule has 1 saturated heterocycles. The minimum absolute atomic E-state index is 0.00759. The molecule has 1 aliphatic heterocycles. The SMILES string of the molecule is CCCCC(CC(=O)N1CCCC1c1cc(C(=O)Nc2ncc(F)s2)c(C)s1)NCC(=O)O. The Balaban J connectivity index is 1.68. The topological polar surface area (TPSA) is 112 Å². The number of rotatable bonds is 11. The van der Waals surface area contributed by atoms with Gasteiger partial charge in [-0.3, -0.25) is 19.7 Å². The van der Waals surface area contributed by atoms with Crippen molar-refractivity contribution in [2.75, 3.05) is 18.4 Å². The van der Waals surface area contributed by atoms with E-state index in [9.17, 15) is 18.8 Å². The summed E-state index contributed by atoms with van der Waals surface area (Å²) in [5.41, 5.74) is 0.494. The molecule has 180 valence electrons. The van der Waals surface area contributed by atoms with E-state index in [1.54, 1.807) is 0 Å². The van der Waals surface area contributed by atoms with E-state index < -0.39 is 11.1 Å². The van der Waals surface area contributed by atoms with Gasteiger partial charge in [-0.05, 0) is 32.3 Å². The Kier molecular flexibility index (Phi) is 8.93. The quantitative estimate of drug-likeness (QED) is 0.430. The Hall–Kier alpha value is -2.37. The second-order valence-corrected chi connectivity index (χ2v) is 10.4. The molecule has 0 spiro atoms. The van der Waals surface area contributed by atoms with E-state index in [0.717, 1.165) is 59.4 Å². The summed E-state index contributed by atoms with van der Waals surface area (Å²) in [4.78, 5) is 44.2. The molecule has 0 radical (unpaired) electrons. The molecular weight excluding hydrogens is 467 g/mol. The van der Waals surface area contributed by atoms with Gasteiger partial charge in [0, 0.05) is 28.8 Å². The number of anilines is 1. The van der Waals surface area contributed by atoms with Crippen LogP contribution in [0.25, 0.3) is 0 Å². The van der Waals surface area contributed by atoms with Gasteiger partial charge >= 0.3 is 5.97 Å². The zero-order valence-corrected chi connectivity index (χ0v) is 20.4. The number of carboxylic acids is 1. The van der Waals surface area contributed by atoms with Crippen LogP contribution in [0, 0.1) is 12.1 Å². The van der Waals surface area contributed by atoms with Gasteiger partial charge in [-0.2, -0.15) is 4.39 Å². The van der Waals surface area contributed by atoms with Gasteiger partial charge in [0.25, 0.3) is 5.91 Å². The third kappa shape index (κ3) is 6.81. The molecule has 0 aromatic carbocycles. The van der Waals surface area contributed by atoms with Crippen LogP contribution in [-0.2, 0) is 9.59 Å². The van der Waals surface area contributed by atoms with Crippen molar-refractivity contribution in [1.29, 1.82) is 0 Å². The van der Waals surface area contributed by atoms with Crippen LogP contribution in [0.3, 0.4) is 0 Å². The van der Waals surface area contributed by atoms with Crippen molar-refractivity contribution in [1.82, 2.24) is 15.2 Å². The van der Waals surface area contributed by atoms with E-state index in [2.05, 4.69) is 22.5 Å². The average molecular weight is 497 g/mol. The Morgan fingerprint density at radius 3 is 2.82 bits per heavy atom. The molecule has 3 rings (SSSR count). The minimum Gasteiger partial charge on any atom is -0.480 e. The Labute approximate surface area is 200 Å². The van der Waals surface area contributed by atoms with E-state index in [0.29, 0.717) is 12.1 Å². The first-order valence-electron chi connectivity index (χ1n) is 11.1. The summed E-state index contributed by atoms with van der Waals surface area (Å²) in [7, 11) is 0. The fourth-order valence-corrected chi connectivity index (χ4v) is 5.73. The second-order valence-electron chi connectivity index (χ2n) is 8.11. The standard InChI is InChI=1S/C22H29FN4O4S2/c1-3-4-6-14(24-12-20(29)30)9-19(28)27-8-5-7-16(27)17-10-15(13(2)32-17)21(31)26-22-25-11-18(23)33-22/h10-11,14,16,24H,3-9,12H2,1-2H3,(H,29,30)(H,25,26,31). The fourth-order valence-electron chi connectivity index (χ4n) is 4.02. The number of halogens is 1. The van der Waals surface area contributed by atoms with Gasteiger partial charge in [-0.25, -0.2) is 4.98 Å². The minimum atomic E-state index is -0.941.